The average Bonchev–Trinajstić information content (AvgIpc) is 2.67. The molecule has 0 fully saturated rings. The highest BCUT2D eigenvalue weighted by molar-refractivity contribution is 7.07. The minimum absolute atomic E-state index is 0.517. The van der Waals surface area contributed by atoms with Gasteiger partial charge in [-0.25, -0.2) is 4.79 Å². The van der Waals surface area contributed by atoms with Crippen LogP contribution in [0.5, 0.6) is 0 Å². The van der Waals surface area contributed by atoms with E-state index in [1.807, 2.05) is 0 Å². The summed E-state index contributed by atoms with van der Waals surface area (Å²) in [6, 6.07) is 1.64. The third kappa shape index (κ3) is 2.27. The maximum atomic E-state index is 10.8. The number of aliphatic hydroxyl groups is 2. The Morgan fingerprint density at radius 3 is 2.77 bits per heavy atom. The van der Waals surface area contributed by atoms with Crippen LogP contribution in [0.25, 0.3) is 0 Å². The molecule has 1 aromatic heterocycles. The number of thiophene rings is 1. The van der Waals surface area contributed by atoms with Gasteiger partial charge in [0.05, 0.1) is 7.11 Å². The first-order chi connectivity index (χ1) is 6.16. The van der Waals surface area contributed by atoms with E-state index < -0.39 is 18.2 Å². The number of aliphatic hydroxyl groups excluding tert-OH is 2. The highest BCUT2D eigenvalue weighted by Crippen LogP contribution is 2.19. The van der Waals surface area contributed by atoms with Crippen LogP contribution in [0.4, 0.5) is 0 Å². The molecule has 0 aromatic carbocycles. The van der Waals surface area contributed by atoms with Crippen LogP contribution >= 0.6 is 11.3 Å². The van der Waals surface area contributed by atoms with Crippen LogP contribution in [-0.2, 0) is 9.53 Å². The van der Waals surface area contributed by atoms with Crippen LogP contribution in [0.1, 0.15) is 11.7 Å². The first kappa shape index (κ1) is 10.2. The summed E-state index contributed by atoms with van der Waals surface area (Å²) in [5.74, 6) is -0.835. The van der Waals surface area contributed by atoms with Crippen molar-refractivity contribution in [1.82, 2.24) is 0 Å². The molecule has 0 bridgehead atoms. The quantitative estimate of drug-likeness (QED) is 0.692. The van der Waals surface area contributed by atoms with Crippen molar-refractivity contribution in [2.24, 2.45) is 0 Å². The van der Waals surface area contributed by atoms with Crippen LogP contribution in [0.3, 0.4) is 0 Å². The largest absolute Gasteiger partial charge is 0.467 e. The van der Waals surface area contributed by atoms with Gasteiger partial charge < -0.3 is 14.9 Å². The topological polar surface area (TPSA) is 66.8 Å². The van der Waals surface area contributed by atoms with Crippen molar-refractivity contribution in [2.45, 2.75) is 12.2 Å². The van der Waals surface area contributed by atoms with Gasteiger partial charge in [0.15, 0.2) is 6.10 Å². The lowest BCUT2D eigenvalue weighted by atomic mass is 10.1. The van der Waals surface area contributed by atoms with Gasteiger partial charge in [0.1, 0.15) is 6.10 Å². The van der Waals surface area contributed by atoms with E-state index >= 15 is 0 Å². The highest BCUT2D eigenvalue weighted by Gasteiger charge is 2.26. The second kappa shape index (κ2) is 4.36. The van der Waals surface area contributed by atoms with Crippen LogP contribution in [0, 0.1) is 0 Å². The number of hydrogen-bond donors (Lipinski definition) is 2. The Kier molecular flexibility index (Phi) is 3.41. The number of rotatable bonds is 3. The summed E-state index contributed by atoms with van der Waals surface area (Å²) in [7, 11) is 1.16. The predicted octanol–water partition coefficient (Wildman–Crippen LogP) is 0.315. The van der Waals surface area contributed by atoms with E-state index in [0.29, 0.717) is 5.56 Å². The van der Waals surface area contributed by atoms with Gasteiger partial charge in [0, 0.05) is 0 Å². The predicted molar refractivity (Wildman–Crippen MR) is 47.3 cm³/mol. The average molecular weight is 202 g/mol. The van der Waals surface area contributed by atoms with Gasteiger partial charge in [-0.15, -0.1) is 0 Å². The summed E-state index contributed by atoms with van der Waals surface area (Å²) < 4.78 is 4.29. The molecular weight excluding hydrogens is 192 g/mol. The fourth-order valence-electron chi connectivity index (χ4n) is 0.875. The Balaban J connectivity index is 2.68. The first-order valence-electron chi connectivity index (χ1n) is 3.63. The Bertz CT molecular complexity index is 270. The lowest BCUT2D eigenvalue weighted by molar-refractivity contribution is -0.156. The summed E-state index contributed by atoms with van der Waals surface area (Å²) in [6.07, 6.45) is -2.72. The van der Waals surface area contributed by atoms with Crippen LogP contribution in [-0.4, -0.2) is 29.4 Å². The van der Waals surface area contributed by atoms with E-state index in [4.69, 9.17) is 0 Å². The van der Waals surface area contributed by atoms with Crippen molar-refractivity contribution in [1.29, 1.82) is 0 Å². The fraction of sp³-hybridized carbons (Fsp3) is 0.375. The maximum absolute atomic E-state index is 10.8. The third-order valence-corrected chi connectivity index (χ3v) is 2.33. The van der Waals surface area contributed by atoms with Gasteiger partial charge in [-0.05, 0) is 22.4 Å². The number of methoxy groups -OCH3 is 1. The molecule has 5 heteroatoms. The van der Waals surface area contributed by atoms with Crippen LogP contribution < -0.4 is 0 Å². The van der Waals surface area contributed by atoms with Crippen molar-refractivity contribution in [3.63, 3.8) is 0 Å². The van der Waals surface area contributed by atoms with Crippen LogP contribution in [0.2, 0.25) is 0 Å². The third-order valence-electron chi connectivity index (χ3n) is 1.63. The summed E-state index contributed by atoms with van der Waals surface area (Å²) in [5.41, 5.74) is 0.517. The zero-order chi connectivity index (χ0) is 9.84. The second-order valence-electron chi connectivity index (χ2n) is 2.47. The van der Waals surface area contributed by atoms with Gasteiger partial charge in [-0.2, -0.15) is 11.3 Å². The molecule has 2 atom stereocenters. The zero-order valence-electron chi connectivity index (χ0n) is 7.01. The Morgan fingerprint density at radius 1 is 1.62 bits per heavy atom. The molecule has 0 spiro atoms. The smallest absolute Gasteiger partial charge is 0.337 e. The molecule has 72 valence electrons. The normalized spacial score (nSPS) is 15.0. The number of carbonyl (C=O) groups is 1. The maximum Gasteiger partial charge on any atom is 0.337 e. The van der Waals surface area contributed by atoms with Crippen molar-refractivity contribution >= 4 is 17.3 Å². The summed E-state index contributed by atoms with van der Waals surface area (Å²) >= 11 is 1.38. The van der Waals surface area contributed by atoms with Gasteiger partial charge >= 0.3 is 5.97 Å². The van der Waals surface area contributed by atoms with Crippen LogP contribution in [0.15, 0.2) is 16.8 Å². The van der Waals surface area contributed by atoms with Gasteiger partial charge in [-0.1, -0.05) is 0 Å². The van der Waals surface area contributed by atoms with Gasteiger partial charge in [-0.3, -0.25) is 0 Å². The molecule has 0 aliphatic rings. The number of ether oxygens (including phenoxy) is 1. The molecule has 1 rings (SSSR count). The molecule has 4 nitrogen and oxygen atoms in total. The fourth-order valence-corrected chi connectivity index (χ4v) is 1.56. The second-order valence-corrected chi connectivity index (χ2v) is 3.25. The van der Waals surface area contributed by atoms with E-state index in [1.165, 1.54) is 11.3 Å². The molecule has 0 aliphatic heterocycles. The molecular formula is C8H10O4S. The molecule has 0 saturated carbocycles. The van der Waals surface area contributed by atoms with Crippen molar-refractivity contribution in [3.8, 4) is 0 Å². The molecule has 1 aromatic rings. The minimum atomic E-state index is -1.51. The summed E-state index contributed by atoms with van der Waals surface area (Å²) in [4.78, 5) is 10.8. The Hall–Kier alpha value is -0.910. The standard InChI is InChI=1S/C8H10O4S/c1-12-8(11)7(10)6(9)5-2-3-13-4-5/h2-4,6-7,9-10H,1H3/t6-,7-/m1/s1. The Labute approximate surface area is 79.4 Å². The Morgan fingerprint density at radius 2 is 2.31 bits per heavy atom. The molecule has 0 saturated heterocycles. The van der Waals surface area contributed by atoms with E-state index in [0.717, 1.165) is 7.11 Å². The van der Waals surface area contributed by atoms with E-state index in [9.17, 15) is 15.0 Å². The number of carbonyl (C=O) groups excluding carboxylic acids is 1. The molecule has 0 amide bonds. The molecule has 1 heterocycles. The van der Waals surface area contributed by atoms with Gasteiger partial charge in [0.2, 0.25) is 0 Å². The van der Waals surface area contributed by atoms with E-state index in [1.54, 1.807) is 16.8 Å². The summed E-state index contributed by atoms with van der Waals surface area (Å²) in [5, 5.41) is 22.1. The lowest BCUT2D eigenvalue weighted by Gasteiger charge is -2.13. The number of esters is 1. The monoisotopic (exact) mass is 202 g/mol. The summed E-state index contributed by atoms with van der Waals surface area (Å²) in [6.45, 7) is 0. The lowest BCUT2D eigenvalue weighted by Crippen LogP contribution is -2.28. The first-order valence-corrected chi connectivity index (χ1v) is 4.57. The van der Waals surface area contributed by atoms with Gasteiger partial charge in [0.25, 0.3) is 0 Å². The van der Waals surface area contributed by atoms with E-state index in [-0.39, 0.29) is 0 Å². The van der Waals surface area contributed by atoms with E-state index in [2.05, 4.69) is 4.74 Å². The molecule has 0 unspecified atom stereocenters. The molecule has 0 radical (unpaired) electrons. The molecule has 2 N–H and O–H groups in total. The SMILES string of the molecule is COC(=O)[C@H](O)[C@H](O)c1ccsc1. The molecule has 0 aliphatic carbocycles. The molecule has 13 heavy (non-hydrogen) atoms. The number of hydrogen-bond acceptors (Lipinski definition) is 5. The van der Waals surface area contributed by atoms with Crippen molar-refractivity contribution < 1.29 is 19.7 Å². The minimum Gasteiger partial charge on any atom is -0.467 e. The van der Waals surface area contributed by atoms with Crippen molar-refractivity contribution in [3.05, 3.63) is 22.4 Å². The zero-order valence-corrected chi connectivity index (χ0v) is 7.82. The van der Waals surface area contributed by atoms with Crippen molar-refractivity contribution in [2.75, 3.05) is 7.11 Å². The highest BCUT2D eigenvalue weighted by atomic mass is 32.1.